The van der Waals surface area contributed by atoms with Gasteiger partial charge in [0.2, 0.25) is 5.90 Å². The maximum absolute atomic E-state index is 14.4. The number of benzene rings is 6. The maximum Gasteiger partial charge on any atom is 0.266 e. The molecule has 6 aromatic rings. The van der Waals surface area contributed by atoms with Crippen molar-refractivity contribution in [3.8, 4) is 11.5 Å². The van der Waals surface area contributed by atoms with Gasteiger partial charge in [-0.1, -0.05) is 43.5 Å². The lowest BCUT2D eigenvalue weighted by Gasteiger charge is -2.36. The molecule has 5 N–H and O–H groups in total. The molecule has 2 aliphatic heterocycles. The lowest BCUT2D eigenvalue weighted by molar-refractivity contribution is 0.0502. The van der Waals surface area contributed by atoms with Crippen molar-refractivity contribution < 1.29 is 33.8 Å². The standard InChI is InChI=1S/C42H35N7O7/c1-55-29-16-27-32-25(38(51)48(40(27)53)21-6-4-3-5-7-21)14-12-23-35-30(56-2)17-28-33-26(15-13-24(37(33)35)34(29)36(23)32)39(52)49(41(28)54)22-10-8-20(9-11-22)18-46-47-31(50)19-45-42(43)44/h8-18,21H,3-7,19H2,1-2H3,(H,47,50)(H4,43,44,45)/b46-18-. The van der Waals surface area contributed by atoms with Gasteiger partial charge in [0.15, 0.2) is 5.96 Å². The molecular weight excluding hydrogens is 715 g/mol. The van der Waals surface area contributed by atoms with Crippen LogP contribution in [0.1, 0.15) is 79.1 Å². The van der Waals surface area contributed by atoms with E-state index >= 15 is 0 Å². The van der Waals surface area contributed by atoms with E-state index in [9.17, 15) is 24.3 Å². The number of nitrogens with one attached hydrogen (secondary N) is 2. The number of carbonyl (C=O) groups is 4. The number of guanidine groups is 1. The third-order valence-corrected chi connectivity index (χ3v) is 11.1. The van der Waals surface area contributed by atoms with Crippen LogP contribution >= 0.6 is 0 Å². The van der Waals surface area contributed by atoms with Crippen LogP contribution in [0, 0.1) is 5.41 Å². The number of carbonyl (C=O) groups excluding carboxylic acids is 4. The number of nitrogens with zero attached hydrogens (tertiary/aromatic N) is 4. The Morgan fingerprint density at radius 2 is 1.30 bits per heavy atom. The summed E-state index contributed by atoms with van der Waals surface area (Å²) in [5.74, 6) is -1.55. The summed E-state index contributed by atoms with van der Waals surface area (Å²) in [7, 11) is 3.06. The fourth-order valence-electron chi connectivity index (χ4n) is 8.72. The van der Waals surface area contributed by atoms with Crippen LogP contribution in [0.15, 0.2) is 70.9 Å². The Hall–Kier alpha value is -7.09. The van der Waals surface area contributed by atoms with Gasteiger partial charge in [0.05, 0.1) is 43.8 Å². The Morgan fingerprint density at radius 3 is 1.88 bits per heavy atom. The lowest BCUT2D eigenvalue weighted by atomic mass is 9.81. The molecule has 56 heavy (non-hydrogen) atoms. The van der Waals surface area contributed by atoms with Gasteiger partial charge >= 0.3 is 0 Å². The molecule has 14 heteroatoms. The number of nitrogens with two attached hydrogens (primary N) is 1. The smallest absolute Gasteiger partial charge is 0.266 e. The maximum atomic E-state index is 14.4. The molecule has 2 heterocycles. The Labute approximate surface area is 319 Å². The minimum absolute atomic E-state index is 0.160. The van der Waals surface area contributed by atoms with E-state index in [1.54, 1.807) is 55.6 Å². The summed E-state index contributed by atoms with van der Waals surface area (Å²) in [4.78, 5) is 59.8. The summed E-state index contributed by atoms with van der Waals surface area (Å²) in [6, 6.07) is 16.9. The molecule has 14 nitrogen and oxygen atoms in total. The van der Waals surface area contributed by atoms with Crippen molar-refractivity contribution in [3.63, 3.8) is 0 Å². The van der Waals surface area contributed by atoms with Crippen LogP contribution in [0.4, 0.5) is 5.69 Å². The molecule has 280 valence electrons. The van der Waals surface area contributed by atoms with Gasteiger partial charge in [0, 0.05) is 49.5 Å². The highest BCUT2D eigenvalue weighted by Gasteiger charge is 2.41. The molecular formula is C42H35N7O7. The number of fused-ring (bicyclic) bond motifs is 2. The minimum Gasteiger partial charge on any atom is -0.496 e. The number of ether oxygens (including phenoxy) is 2. The first-order chi connectivity index (χ1) is 27.1. The molecule has 1 fully saturated rings. The summed E-state index contributed by atoms with van der Waals surface area (Å²) >= 11 is 0. The third-order valence-electron chi connectivity index (χ3n) is 11.1. The SMILES string of the molecule is COc1cc2c3c(ccc4c5c(OC)cc6c7c(ccc(c1c34)c75)C(=O)N(C1CCCCC1)C6=O)C(=O)N(c1ccc(/C=N\N=C(O)CNC(=N)N)cc1)C2=O. The lowest BCUT2D eigenvalue weighted by Crippen LogP contribution is -2.47. The van der Waals surface area contributed by atoms with Crippen LogP contribution in [-0.2, 0) is 0 Å². The molecule has 4 amide bonds. The second-order valence-corrected chi connectivity index (χ2v) is 14.2. The zero-order valence-electron chi connectivity index (χ0n) is 30.4. The van der Waals surface area contributed by atoms with E-state index in [2.05, 4.69) is 15.5 Å². The van der Waals surface area contributed by atoms with Crippen LogP contribution in [-0.4, -0.2) is 78.5 Å². The van der Waals surface area contributed by atoms with Crippen molar-refractivity contribution in [2.24, 2.45) is 15.9 Å². The van der Waals surface area contributed by atoms with Crippen molar-refractivity contribution in [1.82, 2.24) is 10.2 Å². The van der Waals surface area contributed by atoms with Crippen LogP contribution in [0.2, 0.25) is 0 Å². The zero-order valence-corrected chi connectivity index (χ0v) is 30.4. The number of hydrogen-bond donors (Lipinski definition) is 4. The van der Waals surface area contributed by atoms with Gasteiger partial charge in [0.25, 0.3) is 23.6 Å². The van der Waals surface area contributed by atoms with Crippen molar-refractivity contribution in [2.75, 3.05) is 25.7 Å². The summed E-state index contributed by atoms with van der Waals surface area (Å²) in [6.45, 7) is -0.161. The van der Waals surface area contributed by atoms with E-state index in [4.69, 9.17) is 20.6 Å². The number of aliphatic hydroxyl groups is 1. The Morgan fingerprint density at radius 1 is 0.768 bits per heavy atom. The van der Waals surface area contributed by atoms with E-state index in [0.29, 0.717) is 82.5 Å². The molecule has 0 bridgehead atoms. The summed E-state index contributed by atoms with van der Waals surface area (Å²) in [6.07, 6.45) is 5.96. The van der Waals surface area contributed by atoms with E-state index in [1.807, 2.05) is 12.1 Å². The fourth-order valence-corrected chi connectivity index (χ4v) is 8.72. The number of hydrogen-bond acceptors (Lipinski definition) is 9. The Balaban J connectivity index is 1.19. The molecule has 0 aromatic heterocycles. The predicted octanol–water partition coefficient (Wildman–Crippen LogP) is 6.26. The molecule has 0 atom stereocenters. The highest BCUT2D eigenvalue weighted by atomic mass is 16.5. The molecule has 0 radical (unpaired) electrons. The summed E-state index contributed by atoms with van der Waals surface area (Å²) < 4.78 is 12.0. The highest BCUT2D eigenvalue weighted by molar-refractivity contribution is 6.45. The number of methoxy groups -OCH3 is 2. The molecule has 9 rings (SSSR count). The Kier molecular flexibility index (Phi) is 8.07. The Bertz CT molecular complexity index is 2790. The van der Waals surface area contributed by atoms with Crippen molar-refractivity contribution in [2.45, 2.75) is 38.1 Å². The van der Waals surface area contributed by atoms with Crippen LogP contribution in [0.25, 0.3) is 43.1 Å². The van der Waals surface area contributed by atoms with Crippen LogP contribution < -0.4 is 25.4 Å². The van der Waals surface area contributed by atoms with Crippen LogP contribution in [0.5, 0.6) is 11.5 Å². The summed E-state index contributed by atoms with van der Waals surface area (Å²) in [5.41, 5.74) is 7.57. The third kappa shape index (κ3) is 5.05. The van der Waals surface area contributed by atoms with E-state index in [1.165, 1.54) is 18.2 Å². The number of rotatable bonds is 8. The zero-order chi connectivity index (χ0) is 39.0. The molecule has 3 aliphatic rings. The van der Waals surface area contributed by atoms with Gasteiger partial charge in [-0.15, -0.1) is 5.10 Å². The topological polar surface area (TPSA) is 200 Å². The molecule has 1 saturated carbocycles. The quantitative estimate of drug-likeness (QED) is 0.0346. The normalized spacial score (nSPS) is 16.4. The van der Waals surface area contributed by atoms with Gasteiger partial charge in [-0.2, -0.15) is 5.10 Å². The van der Waals surface area contributed by atoms with Gasteiger partial charge in [-0.3, -0.25) is 29.5 Å². The van der Waals surface area contributed by atoms with E-state index in [-0.39, 0.29) is 41.8 Å². The predicted molar refractivity (Wildman–Crippen MR) is 213 cm³/mol. The largest absolute Gasteiger partial charge is 0.496 e. The monoisotopic (exact) mass is 749 g/mol. The molecule has 6 aromatic carbocycles. The second-order valence-electron chi connectivity index (χ2n) is 14.2. The first kappa shape index (κ1) is 34.7. The molecule has 0 unspecified atom stereocenters. The average Bonchev–Trinajstić information content (AvgIpc) is 3.21. The summed E-state index contributed by atoms with van der Waals surface area (Å²) in [5, 5.41) is 31.9. The first-order valence-corrected chi connectivity index (χ1v) is 18.2. The van der Waals surface area contributed by atoms with Gasteiger partial charge in [-0.25, -0.2) is 4.90 Å². The van der Waals surface area contributed by atoms with Gasteiger partial charge in [0.1, 0.15) is 11.5 Å². The van der Waals surface area contributed by atoms with Crippen molar-refractivity contribution in [1.29, 1.82) is 5.41 Å². The average molecular weight is 750 g/mol. The number of amides is 4. The van der Waals surface area contributed by atoms with Gasteiger partial charge in [-0.05, 0) is 65.6 Å². The molecule has 0 saturated heterocycles. The van der Waals surface area contributed by atoms with E-state index in [0.717, 1.165) is 37.0 Å². The number of aliphatic hydroxyl groups excluding tert-OH is 1. The number of imide groups is 2. The molecule has 1 aliphatic carbocycles. The highest BCUT2D eigenvalue weighted by Crippen LogP contribution is 2.52. The van der Waals surface area contributed by atoms with Gasteiger partial charge < -0.3 is 25.6 Å². The molecule has 0 spiro atoms. The second kappa shape index (κ2) is 13.0. The fraction of sp³-hybridized carbons (Fsp3) is 0.214. The minimum atomic E-state index is -0.541. The first-order valence-electron chi connectivity index (χ1n) is 18.2. The van der Waals surface area contributed by atoms with Crippen LogP contribution in [0.3, 0.4) is 0 Å². The van der Waals surface area contributed by atoms with Crippen molar-refractivity contribution >= 4 is 90.5 Å². The number of anilines is 1. The van der Waals surface area contributed by atoms with Crippen molar-refractivity contribution in [3.05, 3.63) is 88.5 Å². The van der Waals surface area contributed by atoms with E-state index < -0.39 is 11.8 Å².